The number of hydrogen-bond acceptors (Lipinski definition) is 14. The minimum Gasteiger partial charge on any atom is -0.508 e. The number of rotatable bonds is 5. The van der Waals surface area contributed by atoms with Crippen LogP contribution in [0.15, 0.2) is 82.8 Å². The molecule has 5 saturated carbocycles. The molecule has 11 aliphatic rings. The van der Waals surface area contributed by atoms with Crippen molar-refractivity contribution in [2.45, 2.75) is 140 Å². The van der Waals surface area contributed by atoms with E-state index >= 15 is 9.90 Å². The van der Waals surface area contributed by atoms with Crippen molar-refractivity contribution in [3.05, 3.63) is 88.9 Å². The molecule has 17 heteroatoms. The Labute approximate surface area is 502 Å². The number of phenols is 1. The highest BCUT2D eigenvalue weighted by Gasteiger charge is 2.79. The fraction of sp³-hybridized carbons (Fsp3) is 0.672. The van der Waals surface area contributed by atoms with Crippen molar-refractivity contribution in [1.29, 1.82) is 0 Å². The SMILES string of the molecule is CC1CCC2=CC3C=CC4C(C5COC(=O)C5c5cc[nH]c5)C#CCC5CC6(O)C7=C8NCC(=O)CC(c9ccc(O)cc9)CSSCC9C(O)C(O)CC(C)(C7C7CCC(CN=C(N)N)C6(C7)C5C(C)(O)C(O)CC(C)C3C4C2C1)C9C8=O. The van der Waals surface area contributed by atoms with Crippen LogP contribution in [0.5, 0.6) is 5.75 Å². The third kappa shape index (κ3) is 9.23. The van der Waals surface area contributed by atoms with Gasteiger partial charge in [0.15, 0.2) is 17.5 Å². The fourth-order valence-electron chi connectivity index (χ4n) is 21.1. The first kappa shape index (κ1) is 58.5. The third-order valence-corrected chi connectivity index (χ3v) is 26.8. The van der Waals surface area contributed by atoms with Crippen LogP contribution in [0.3, 0.4) is 0 Å². The zero-order chi connectivity index (χ0) is 58.9. The number of aliphatic imine (C=N–C) groups is 1. The number of allylic oxidation sites excluding steroid dienone is 5. The number of guanidine groups is 1. The van der Waals surface area contributed by atoms with Crippen molar-refractivity contribution >= 4 is 45.1 Å². The largest absolute Gasteiger partial charge is 0.508 e. The second-order valence-corrected chi connectivity index (χ2v) is 31.2. The number of aliphatic hydroxyl groups excluding tert-OH is 3. The van der Waals surface area contributed by atoms with E-state index in [1.54, 1.807) is 29.9 Å². The molecule has 3 heterocycles. The second kappa shape index (κ2) is 21.9. The summed E-state index contributed by atoms with van der Waals surface area (Å²) < 4.78 is 6.06. The molecule has 12 N–H and O–H groups in total. The molecule has 84 heavy (non-hydrogen) atoms. The van der Waals surface area contributed by atoms with Gasteiger partial charge < -0.3 is 57.1 Å². The number of nitrogens with one attached hydrogen (secondary N) is 2. The summed E-state index contributed by atoms with van der Waals surface area (Å²) in [5.41, 5.74) is 10.4. The first-order chi connectivity index (χ1) is 40.2. The topological polar surface area (TPSA) is 274 Å². The number of H-pyrrole nitrogens is 1. The Morgan fingerprint density at radius 3 is 2.44 bits per heavy atom. The lowest BCUT2D eigenvalue weighted by Crippen LogP contribution is -2.71. The van der Waals surface area contributed by atoms with Gasteiger partial charge in [-0.05, 0) is 170 Å². The normalized spacial score (nSPS) is 47.0. The molecule has 2 aliphatic heterocycles. The number of phenolic OH excluding ortho intramolecular Hbond substituents is 1. The number of carbonyl (C=O) groups excluding carboxylic acids is 3. The molecule has 8 bridgehead atoms. The highest BCUT2D eigenvalue weighted by Crippen LogP contribution is 2.77. The maximum Gasteiger partial charge on any atom is 0.313 e. The van der Waals surface area contributed by atoms with E-state index in [1.807, 2.05) is 30.6 Å². The number of aromatic hydroxyl groups is 1. The van der Waals surface area contributed by atoms with Crippen LogP contribution in [0.1, 0.15) is 121 Å². The minimum atomic E-state index is -1.88. The van der Waals surface area contributed by atoms with Crippen LogP contribution in [-0.4, -0.2) is 120 Å². The zero-order valence-electron chi connectivity index (χ0n) is 48.9. The Kier molecular flexibility index (Phi) is 15.3. The number of hydrogen-bond donors (Lipinski definition) is 10. The predicted octanol–water partition coefficient (Wildman–Crippen LogP) is 7.15. The van der Waals surface area contributed by atoms with Crippen LogP contribution >= 0.6 is 21.6 Å². The van der Waals surface area contributed by atoms with E-state index in [1.165, 1.54) is 16.4 Å². The number of ether oxygens (including phenoxy) is 1. The van der Waals surface area contributed by atoms with Crippen molar-refractivity contribution in [3.63, 3.8) is 0 Å². The first-order valence-electron chi connectivity index (χ1n) is 31.4. The number of Topliss-reactive ketones (excluding diaryl/α,β-unsaturated/α-hetero) is 2. The van der Waals surface area contributed by atoms with Gasteiger partial charge in [0.05, 0.1) is 54.3 Å². The summed E-state index contributed by atoms with van der Waals surface area (Å²) in [4.78, 5) is 52.8. The summed E-state index contributed by atoms with van der Waals surface area (Å²) in [7, 11) is 3.10. The number of nitrogens with two attached hydrogens (primary N) is 2. The molecule has 0 amide bonds. The number of benzene rings is 1. The van der Waals surface area contributed by atoms with E-state index in [4.69, 9.17) is 21.2 Å². The van der Waals surface area contributed by atoms with Crippen molar-refractivity contribution in [2.24, 2.45) is 122 Å². The number of aliphatic hydroxyl groups is 5. The molecule has 25 atom stereocenters. The van der Waals surface area contributed by atoms with Gasteiger partial charge in [0.1, 0.15) is 5.75 Å². The van der Waals surface area contributed by atoms with Crippen LogP contribution in [0.25, 0.3) is 0 Å². The number of nitrogens with zero attached hydrogens (tertiary/aromatic N) is 1. The number of carbonyl (C=O) groups is 3. The van der Waals surface area contributed by atoms with Gasteiger partial charge in [0, 0.05) is 84.2 Å². The molecule has 452 valence electrons. The summed E-state index contributed by atoms with van der Waals surface area (Å²) in [6, 6.07) is 8.85. The van der Waals surface area contributed by atoms with Gasteiger partial charge in [-0.15, -0.1) is 5.92 Å². The van der Waals surface area contributed by atoms with Crippen LogP contribution in [0, 0.1) is 117 Å². The van der Waals surface area contributed by atoms with Gasteiger partial charge >= 0.3 is 5.97 Å². The minimum absolute atomic E-state index is 0.0530. The van der Waals surface area contributed by atoms with Gasteiger partial charge in [-0.2, -0.15) is 0 Å². The highest BCUT2D eigenvalue weighted by atomic mass is 33.1. The monoisotopic (exact) mass is 1190 g/mol. The Balaban J connectivity index is 0.991. The van der Waals surface area contributed by atoms with E-state index in [0.717, 1.165) is 30.4 Å². The Morgan fingerprint density at radius 2 is 1.68 bits per heavy atom. The number of fused-ring (bicyclic) bond motifs is 8. The van der Waals surface area contributed by atoms with Crippen molar-refractivity contribution in [1.82, 2.24) is 10.3 Å². The lowest BCUT2D eigenvalue weighted by molar-refractivity contribution is -0.230. The molecule has 2 saturated heterocycles. The lowest BCUT2D eigenvalue weighted by Gasteiger charge is -2.68. The van der Waals surface area contributed by atoms with Gasteiger partial charge in [0.25, 0.3) is 0 Å². The molecule has 15 nitrogen and oxygen atoms in total. The number of ketones is 2. The Morgan fingerprint density at radius 1 is 0.893 bits per heavy atom. The lowest BCUT2D eigenvalue weighted by atomic mass is 9.37. The Bertz CT molecular complexity index is 3090. The molecule has 25 unspecified atom stereocenters. The smallest absolute Gasteiger partial charge is 0.313 e. The van der Waals surface area contributed by atoms with E-state index < -0.39 is 81.8 Å². The summed E-state index contributed by atoms with van der Waals surface area (Å²) >= 11 is 0. The number of esters is 1. The van der Waals surface area contributed by atoms with Gasteiger partial charge in [-0.25, -0.2) is 0 Å². The highest BCUT2D eigenvalue weighted by molar-refractivity contribution is 8.76. The molecule has 1 aromatic carbocycles. The molecule has 1 aromatic heterocycles. The summed E-state index contributed by atoms with van der Waals surface area (Å²) in [6.45, 7) is 8.56. The van der Waals surface area contributed by atoms with Gasteiger partial charge in [0.2, 0.25) is 0 Å². The standard InChI is InChI=1S/C67H87N5O10S2/c1-33-8-9-36-22-37-13-17-46-45(48-30-82-62(79)53(48)40-18-19-70-27-40)7-5-6-39-25-67(81)57-55(38-10-14-42(28-72-63(68)69)66(67,24-38)61(39)65(4,80)51(76)21-34(2)52(37)54(46)47(36)20-33)64(3)26-50(75)59(77)49-32-84-83-31-41(35-11-15-43(73)16-12-35)23-44(74)29-71-58(57)60(78)56(49)64/h11-13,15-19,22,27,33-34,37-39,41-42,45-56,59,61,70-71,73,75-77,80-81H,6,8-10,14,20-21,23-26,28-32H2,1-4H3,(H4,68,69,72). The quantitative estimate of drug-likeness (QED) is 0.0356. The van der Waals surface area contributed by atoms with E-state index in [2.05, 4.69) is 61.1 Å². The molecular weight excluding hydrogens is 1100 g/mol. The number of aromatic nitrogens is 1. The molecule has 7 fully saturated rings. The number of cyclic esters (lactones) is 1. The fourth-order valence-corrected chi connectivity index (χ4v) is 23.9. The van der Waals surface area contributed by atoms with Crippen molar-refractivity contribution < 1.29 is 49.8 Å². The van der Waals surface area contributed by atoms with Crippen LogP contribution < -0.4 is 16.8 Å². The third-order valence-electron chi connectivity index (χ3n) is 24.3. The summed E-state index contributed by atoms with van der Waals surface area (Å²) in [5.74, 6) is 3.58. The van der Waals surface area contributed by atoms with Crippen LogP contribution in [0.4, 0.5) is 0 Å². The molecule has 2 aromatic rings. The average molecular weight is 1190 g/mol. The molecular formula is C67H87N5O10S2. The maximum atomic E-state index is 16.3. The molecule has 13 rings (SSSR count). The van der Waals surface area contributed by atoms with E-state index in [0.29, 0.717) is 48.2 Å². The summed E-state index contributed by atoms with van der Waals surface area (Å²) in [5, 5.41) is 80.4. The van der Waals surface area contributed by atoms with Crippen LogP contribution in [0.2, 0.25) is 0 Å². The molecule has 0 radical (unpaired) electrons. The zero-order valence-corrected chi connectivity index (χ0v) is 50.6. The van der Waals surface area contributed by atoms with E-state index in [9.17, 15) is 35.1 Å². The van der Waals surface area contributed by atoms with E-state index in [-0.39, 0.29) is 140 Å². The number of aromatic amines is 1. The van der Waals surface area contributed by atoms with Crippen molar-refractivity contribution in [3.8, 4) is 17.6 Å². The summed E-state index contributed by atoms with van der Waals surface area (Å²) in [6.07, 6.45) is 13.0. The molecule has 9 aliphatic carbocycles. The average Bonchev–Trinajstić information content (AvgIpc) is 1.54. The Hall–Kier alpha value is -4.54. The van der Waals surface area contributed by atoms with Gasteiger partial charge in [-0.1, -0.05) is 84.2 Å². The maximum absolute atomic E-state index is 16.3. The van der Waals surface area contributed by atoms with Crippen molar-refractivity contribution in [2.75, 3.05) is 31.2 Å². The second-order valence-electron chi connectivity index (χ2n) is 28.7. The first-order valence-corrected chi connectivity index (χ1v) is 33.9. The van der Waals surface area contributed by atoms with Gasteiger partial charge in [-0.3, -0.25) is 19.4 Å². The predicted molar refractivity (Wildman–Crippen MR) is 323 cm³/mol. The molecule has 1 spiro atoms. The van der Waals surface area contributed by atoms with Crippen LogP contribution in [-0.2, 0) is 19.1 Å².